The van der Waals surface area contributed by atoms with E-state index in [1.165, 1.54) is 5.56 Å². The molecule has 0 saturated carbocycles. The second kappa shape index (κ2) is 14.2. The number of aliphatic hydroxyl groups excluding tert-OH is 1. The number of rotatable bonds is 10. The molecule has 0 heterocycles. The van der Waals surface area contributed by atoms with Crippen molar-refractivity contribution in [2.24, 2.45) is 0 Å². The summed E-state index contributed by atoms with van der Waals surface area (Å²) in [4.78, 5) is 0. The molecule has 4 nitrogen and oxygen atoms in total. The van der Waals surface area contributed by atoms with Crippen molar-refractivity contribution in [2.45, 2.75) is 13.2 Å². The van der Waals surface area contributed by atoms with Crippen LogP contribution in [0.2, 0.25) is 5.02 Å². The van der Waals surface area contributed by atoms with Crippen molar-refractivity contribution >= 4 is 36.4 Å². The third-order valence-corrected chi connectivity index (χ3v) is 3.57. The van der Waals surface area contributed by atoms with Crippen molar-refractivity contribution in [3.05, 3.63) is 64.7 Å². The maximum atomic E-state index is 8.67. The largest absolute Gasteiger partial charge is 0.489 e. The third-order valence-electron chi connectivity index (χ3n) is 3.31. The number of benzene rings is 2. The van der Waals surface area contributed by atoms with Crippen LogP contribution in [0.25, 0.3) is 0 Å². The first-order chi connectivity index (χ1) is 11.3. The van der Waals surface area contributed by atoms with Gasteiger partial charge >= 0.3 is 0 Å². The monoisotopic (exact) mass is 406 g/mol. The zero-order chi connectivity index (χ0) is 16.3. The Morgan fingerprint density at radius 3 is 2.32 bits per heavy atom. The van der Waals surface area contributed by atoms with Gasteiger partial charge in [-0.15, -0.1) is 24.8 Å². The van der Waals surface area contributed by atoms with Gasteiger partial charge in [0.25, 0.3) is 0 Å². The Morgan fingerprint density at radius 2 is 1.60 bits per heavy atom. The molecule has 0 bridgehead atoms. The highest BCUT2D eigenvalue weighted by atomic mass is 35.5. The molecule has 0 saturated heterocycles. The lowest BCUT2D eigenvalue weighted by atomic mass is 10.2. The molecule has 3 N–H and O–H groups in total. The molecule has 0 aliphatic heterocycles. The number of ether oxygens (including phenoxy) is 1. The van der Waals surface area contributed by atoms with Gasteiger partial charge in [-0.1, -0.05) is 35.9 Å². The smallest absolute Gasteiger partial charge is 0.120 e. The average Bonchev–Trinajstić information content (AvgIpc) is 2.58. The van der Waals surface area contributed by atoms with Crippen LogP contribution in [0.3, 0.4) is 0 Å². The predicted octanol–water partition coefficient (Wildman–Crippen LogP) is 3.43. The zero-order valence-electron chi connectivity index (χ0n) is 13.9. The van der Waals surface area contributed by atoms with E-state index < -0.39 is 0 Å². The van der Waals surface area contributed by atoms with Gasteiger partial charge in [-0.25, -0.2) is 0 Å². The maximum absolute atomic E-state index is 8.67. The van der Waals surface area contributed by atoms with Crippen LogP contribution in [0.5, 0.6) is 5.75 Å². The van der Waals surface area contributed by atoms with Gasteiger partial charge < -0.3 is 20.5 Å². The summed E-state index contributed by atoms with van der Waals surface area (Å²) in [6.07, 6.45) is 0. The van der Waals surface area contributed by atoms with Crippen LogP contribution in [0.4, 0.5) is 0 Å². The minimum Gasteiger partial charge on any atom is -0.489 e. The minimum absolute atomic E-state index is 0. The van der Waals surface area contributed by atoms with E-state index in [9.17, 15) is 0 Å². The van der Waals surface area contributed by atoms with Crippen LogP contribution in [0.1, 0.15) is 11.1 Å². The normalized spacial score (nSPS) is 9.84. The van der Waals surface area contributed by atoms with Crippen LogP contribution in [0.15, 0.2) is 48.5 Å². The summed E-state index contributed by atoms with van der Waals surface area (Å²) in [7, 11) is 0. The van der Waals surface area contributed by atoms with Crippen molar-refractivity contribution in [2.75, 3.05) is 26.2 Å². The number of nitrogens with one attached hydrogen (secondary N) is 2. The Balaban J connectivity index is 0.00000288. The van der Waals surface area contributed by atoms with Crippen molar-refractivity contribution in [1.82, 2.24) is 10.6 Å². The second-order valence-electron chi connectivity index (χ2n) is 5.21. The molecular weight excluding hydrogens is 383 g/mol. The highest BCUT2D eigenvalue weighted by Crippen LogP contribution is 2.16. The lowest BCUT2D eigenvalue weighted by Gasteiger charge is -2.09. The second-order valence-corrected chi connectivity index (χ2v) is 5.65. The summed E-state index contributed by atoms with van der Waals surface area (Å²) in [5.41, 5.74) is 2.27. The van der Waals surface area contributed by atoms with E-state index in [4.69, 9.17) is 21.4 Å². The molecule has 0 atom stereocenters. The minimum atomic E-state index is 0. The molecule has 2 aromatic carbocycles. The summed E-state index contributed by atoms with van der Waals surface area (Å²) in [5, 5.41) is 15.9. The molecule has 0 amide bonds. The molecule has 25 heavy (non-hydrogen) atoms. The lowest BCUT2D eigenvalue weighted by Crippen LogP contribution is -2.28. The zero-order valence-corrected chi connectivity index (χ0v) is 16.3. The molecule has 0 unspecified atom stereocenters. The Labute approximate surface area is 166 Å². The quantitative estimate of drug-likeness (QED) is 0.528. The molecule has 0 aliphatic rings. The van der Waals surface area contributed by atoms with Gasteiger partial charge in [-0.3, -0.25) is 0 Å². The summed E-state index contributed by atoms with van der Waals surface area (Å²) >= 11 is 5.87. The van der Waals surface area contributed by atoms with Gasteiger partial charge in [-0.2, -0.15) is 0 Å². The maximum Gasteiger partial charge on any atom is 0.120 e. The summed E-state index contributed by atoms with van der Waals surface area (Å²) < 4.78 is 5.82. The van der Waals surface area contributed by atoms with E-state index in [2.05, 4.69) is 16.7 Å². The number of hydrogen-bond donors (Lipinski definition) is 3. The molecule has 2 aromatic rings. The topological polar surface area (TPSA) is 53.5 Å². The van der Waals surface area contributed by atoms with Crippen LogP contribution < -0.4 is 15.4 Å². The van der Waals surface area contributed by atoms with Crippen molar-refractivity contribution in [3.63, 3.8) is 0 Å². The Morgan fingerprint density at radius 1 is 0.880 bits per heavy atom. The fourth-order valence-corrected chi connectivity index (χ4v) is 2.23. The highest BCUT2D eigenvalue weighted by Gasteiger charge is 1.99. The summed E-state index contributed by atoms with van der Waals surface area (Å²) in [5.74, 6) is 0.859. The van der Waals surface area contributed by atoms with Crippen LogP contribution >= 0.6 is 36.4 Å². The SMILES string of the molecule is Cl.Cl.OCCNCCNCc1cccc(OCc2ccc(Cl)cc2)c1. The molecule has 0 radical (unpaired) electrons. The lowest BCUT2D eigenvalue weighted by molar-refractivity contribution is 0.292. The first kappa shape index (κ1) is 24.0. The third kappa shape index (κ3) is 9.90. The van der Waals surface area contributed by atoms with Crippen molar-refractivity contribution < 1.29 is 9.84 Å². The Hall–Kier alpha value is -1.01. The molecule has 0 aliphatic carbocycles. The molecular formula is C18H25Cl3N2O2. The van der Waals surface area contributed by atoms with Gasteiger partial charge in [0.1, 0.15) is 12.4 Å². The number of halogens is 3. The predicted molar refractivity (Wildman–Crippen MR) is 108 cm³/mol. The molecule has 7 heteroatoms. The Bertz CT molecular complexity index is 583. The van der Waals surface area contributed by atoms with E-state index >= 15 is 0 Å². The van der Waals surface area contributed by atoms with E-state index in [0.717, 1.165) is 36.0 Å². The van der Waals surface area contributed by atoms with Crippen LogP contribution in [-0.2, 0) is 13.2 Å². The highest BCUT2D eigenvalue weighted by molar-refractivity contribution is 6.30. The van der Waals surface area contributed by atoms with E-state index in [1.54, 1.807) is 0 Å². The molecule has 0 aromatic heterocycles. The van der Waals surface area contributed by atoms with Crippen LogP contribution in [-0.4, -0.2) is 31.3 Å². The average molecular weight is 408 g/mol. The summed E-state index contributed by atoms with van der Waals surface area (Å²) in [6.45, 7) is 3.82. The Kier molecular flexibility index (Phi) is 13.6. The standard InChI is InChI=1S/C18H23ClN2O2.2ClH/c19-17-6-4-15(5-7-17)14-23-18-3-1-2-16(12-18)13-21-9-8-20-10-11-22;;/h1-7,12,20-22H,8-11,13-14H2;2*1H. The molecule has 2 rings (SSSR count). The van der Waals surface area contributed by atoms with E-state index in [0.29, 0.717) is 13.2 Å². The first-order valence-corrected chi connectivity index (χ1v) is 8.14. The van der Waals surface area contributed by atoms with E-state index in [-0.39, 0.29) is 31.4 Å². The van der Waals surface area contributed by atoms with Gasteiger partial charge in [0.05, 0.1) is 6.61 Å². The fraction of sp³-hybridized carbons (Fsp3) is 0.333. The van der Waals surface area contributed by atoms with E-state index in [1.807, 2.05) is 42.5 Å². The van der Waals surface area contributed by atoms with Crippen molar-refractivity contribution in [3.8, 4) is 5.75 Å². The number of hydrogen-bond acceptors (Lipinski definition) is 4. The van der Waals surface area contributed by atoms with Crippen molar-refractivity contribution in [1.29, 1.82) is 0 Å². The molecule has 0 fully saturated rings. The number of aliphatic hydroxyl groups is 1. The van der Waals surface area contributed by atoms with Gasteiger partial charge in [0, 0.05) is 31.2 Å². The van der Waals surface area contributed by atoms with Gasteiger partial charge in [-0.05, 0) is 35.4 Å². The first-order valence-electron chi connectivity index (χ1n) is 7.76. The molecule has 0 spiro atoms. The van der Waals surface area contributed by atoms with Gasteiger partial charge in [0.2, 0.25) is 0 Å². The fourth-order valence-electron chi connectivity index (χ4n) is 2.11. The molecule has 140 valence electrons. The van der Waals surface area contributed by atoms with Gasteiger partial charge in [0.15, 0.2) is 0 Å². The summed E-state index contributed by atoms with van der Waals surface area (Å²) in [6, 6.07) is 15.7. The van der Waals surface area contributed by atoms with Crippen LogP contribution in [0, 0.1) is 0 Å².